The molecule has 2 N–H and O–H groups in total. The summed E-state index contributed by atoms with van der Waals surface area (Å²) in [7, 11) is -3.40. The lowest BCUT2D eigenvalue weighted by atomic mass is 10.0. The Kier molecular flexibility index (Phi) is 4.45. The predicted molar refractivity (Wildman–Crippen MR) is 77.4 cm³/mol. The van der Waals surface area contributed by atoms with Crippen molar-refractivity contribution in [3.63, 3.8) is 0 Å². The molecule has 6 heteroatoms. The number of carbonyl (C=O) groups excluding carboxylic acids is 1. The van der Waals surface area contributed by atoms with Crippen LogP contribution >= 0.6 is 0 Å². The van der Waals surface area contributed by atoms with Crippen LogP contribution in [0.2, 0.25) is 0 Å². The van der Waals surface area contributed by atoms with Crippen LogP contribution in [0.15, 0.2) is 24.3 Å². The number of nitrogens with zero attached hydrogens (tertiary/aromatic N) is 1. The Labute approximate surface area is 119 Å². The van der Waals surface area contributed by atoms with E-state index in [1.807, 2.05) is 24.3 Å². The fourth-order valence-electron chi connectivity index (χ4n) is 2.56. The average Bonchev–Trinajstić information content (AvgIpc) is 2.70. The first-order valence-electron chi connectivity index (χ1n) is 6.77. The Balaban J connectivity index is 2.06. The highest BCUT2D eigenvalue weighted by atomic mass is 32.2. The fraction of sp³-hybridized carbons (Fsp3) is 0.500. The third-order valence-electron chi connectivity index (χ3n) is 3.69. The summed E-state index contributed by atoms with van der Waals surface area (Å²) in [5.41, 5.74) is 7.66. The maximum Gasteiger partial charge on any atom is 0.237 e. The molecule has 5 nitrogen and oxygen atoms in total. The van der Waals surface area contributed by atoms with Crippen LogP contribution in [-0.2, 0) is 27.8 Å². The normalized spacial score (nSPS) is 21.1. The summed E-state index contributed by atoms with van der Waals surface area (Å²) < 4.78 is 24.7. The minimum absolute atomic E-state index is 0.0687. The number of amides is 1. The van der Waals surface area contributed by atoms with Crippen LogP contribution in [0.3, 0.4) is 0 Å². The number of sulfonamides is 1. The number of nitrogens with two attached hydrogens (primary N) is 1. The molecular formula is C14H20N2O3S. The molecule has 0 saturated carbocycles. The summed E-state index contributed by atoms with van der Waals surface area (Å²) in [5.74, 6) is -0.249. The van der Waals surface area contributed by atoms with E-state index in [1.54, 1.807) is 6.92 Å². The monoisotopic (exact) mass is 296 g/mol. The molecule has 1 atom stereocenters. The summed E-state index contributed by atoms with van der Waals surface area (Å²) in [6.45, 7) is 2.19. The third kappa shape index (κ3) is 3.02. The summed E-state index contributed by atoms with van der Waals surface area (Å²) in [6, 6.07) is 7.43. The van der Waals surface area contributed by atoms with E-state index in [0.717, 1.165) is 15.4 Å². The van der Waals surface area contributed by atoms with Crippen molar-refractivity contribution in [1.82, 2.24) is 4.31 Å². The molecule has 0 aliphatic carbocycles. The van der Waals surface area contributed by atoms with E-state index in [9.17, 15) is 13.2 Å². The van der Waals surface area contributed by atoms with E-state index in [2.05, 4.69) is 0 Å². The third-order valence-corrected chi connectivity index (χ3v) is 5.60. The van der Waals surface area contributed by atoms with Gasteiger partial charge in [0.25, 0.3) is 0 Å². The average molecular weight is 296 g/mol. The molecule has 1 unspecified atom stereocenters. The lowest BCUT2D eigenvalue weighted by Crippen LogP contribution is -2.37. The maximum atomic E-state index is 12.2. The Morgan fingerprint density at radius 1 is 1.35 bits per heavy atom. The van der Waals surface area contributed by atoms with Crippen LogP contribution < -0.4 is 5.73 Å². The molecule has 1 heterocycles. The van der Waals surface area contributed by atoms with Crippen molar-refractivity contribution in [3.8, 4) is 0 Å². The Morgan fingerprint density at radius 2 is 2.00 bits per heavy atom. The van der Waals surface area contributed by atoms with Gasteiger partial charge in [-0.25, -0.2) is 12.7 Å². The minimum atomic E-state index is -3.40. The van der Waals surface area contributed by atoms with Crippen LogP contribution in [0.4, 0.5) is 0 Å². The van der Waals surface area contributed by atoms with Crippen molar-refractivity contribution in [2.75, 3.05) is 5.75 Å². The molecular weight excluding hydrogens is 276 g/mol. The van der Waals surface area contributed by atoms with Crippen LogP contribution in [0.1, 0.15) is 30.9 Å². The van der Waals surface area contributed by atoms with E-state index in [0.29, 0.717) is 19.4 Å². The number of aryl methyl sites for hydroxylation is 1. The molecule has 1 saturated heterocycles. The van der Waals surface area contributed by atoms with Gasteiger partial charge >= 0.3 is 0 Å². The number of hydrogen-bond acceptors (Lipinski definition) is 4. The molecule has 0 radical (unpaired) electrons. The van der Waals surface area contributed by atoms with E-state index in [1.165, 1.54) is 0 Å². The molecule has 1 amide bonds. The smallest absolute Gasteiger partial charge is 0.237 e. The number of rotatable bonds is 4. The molecule has 1 aliphatic rings. The van der Waals surface area contributed by atoms with Gasteiger partial charge in [0.15, 0.2) is 0 Å². The van der Waals surface area contributed by atoms with Gasteiger partial charge in [0.2, 0.25) is 15.9 Å². The number of carbonyl (C=O) groups is 1. The molecule has 110 valence electrons. The van der Waals surface area contributed by atoms with Crippen molar-refractivity contribution < 1.29 is 13.2 Å². The zero-order chi connectivity index (χ0) is 14.8. The van der Waals surface area contributed by atoms with Gasteiger partial charge in [0, 0.05) is 19.0 Å². The molecule has 1 aromatic carbocycles. The second-order valence-corrected chi connectivity index (χ2v) is 7.08. The predicted octanol–water partition coefficient (Wildman–Crippen LogP) is 1.03. The molecule has 1 aromatic rings. The molecule has 1 fully saturated rings. The highest BCUT2D eigenvalue weighted by molar-refractivity contribution is 7.89. The van der Waals surface area contributed by atoms with Crippen LogP contribution in [-0.4, -0.2) is 30.4 Å². The van der Waals surface area contributed by atoms with Crippen LogP contribution in [0.25, 0.3) is 0 Å². The Hall–Kier alpha value is -1.40. The van der Waals surface area contributed by atoms with Gasteiger partial charge in [-0.3, -0.25) is 4.79 Å². The van der Waals surface area contributed by atoms with Crippen molar-refractivity contribution >= 4 is 15.9 Å². The van der Waals surface area contributed by atoms with Gasteiger partial charge in [0.1, 0.15) is 0 Å². The molecule has 1 aliphatic heterocycles. The maximum absolute atomic E-state index is 12.2. The van der Waals surface area contributed by atoms with Crippen LogP contribution in [0.5, 0.6) is 0 Å². The molecule has 20 heavy (non-hydrogen) atoms. The van der Waals surface area contributed by atoms with Crippen molar-refractivity contribution in [3.05, 3.63) is 35.4 Å². The van der Waals surface area contributed by atoms with Crippen molar-refractivity contribution in [2.45, 2.75) is 38.8 Å². The fourth-order valence-corrected chi connectivity index (χ4v) is 4.45. The van der Waals surface area contributed by atoms with Gasteiger partial charge in [-0.2, -0.15) is 0 Å². The summed E-state index contributed by atoms with van der Waals surface area (Å²) in [6.07, 6.45) is 1.24. The van der Waals surface area contributed by atoms with E-state index in [4.69, 9.17) is 5.73 Å². The number of hydrogen-bond donors (Lipinski definition) is 1. The van der Waals surface area contributed by atoms with Gasteiger partial charge in [-0.15, -0.1) is 0 Å². The Bertz CT molecular complexity index is 598. The highest BCUT2D eigenvalue weighted by Gasteiger charge is 2.37. The summed E-state index contributed by atoms with van der Waals surface area (Å²) in [5, 5.41) is 0. The van der Waals surface area contributed by atoms with Crippen molar-refractivity contribution in [1.29, 1.82) is 0 Å². The first kappa shape index (κ1) is 15.0. The summed E-state index contributed by atoms with van der Waals surface area (Å²) >= 11 is 0. The zero-order valence-electron chi connectivity index (χ0n) is 11.6. The second-order valence-electron chi connectivity index (χ2n) is 5.12. The Morgan fingerprint density at radius 3 is 2.55 bits per heavy atom. The summed E-state index contributed by atoms with van der Waals surface area (Å²) in [4.78, 5) is 12.2. The lowest BCUT2D eigenvalue weighted by Gasteiger charge is -2.20. The first-order chi connectivity index (χ1) is 9.45. The van der Waals surface area contributed by atoms with E-state index < -0.39 is 10.0 Å². The lowest BCUT2D eigenvalue weighted by molar-refractivity contribution is -0.127. The molecule has 0 spiro atoms. The second kappa shape index (κ2) is 5.93. The first-order valence-corrected chi connectivity index (χ1v) is 8.38. The van der Waals surface area contributed by atoms with Crippen molar-refractivity contribution in [2.24, 2.45) is 5.73 Å². The minimum Gasteiger partial charge on any atom is -0.326 e. The van der Waals surface area contributed by atoms with E-state index in [-0.39, 0.29) is 24.1 Å². The zero-order valence-corrected chi connectivity index (χ0v) is 12.4. The van der Waals surface area contributed by atoms with Crippen LogP contribution in [0, 0.1) is 0 Å². The van der Waals surface area contributed by atoms with E-state index >= 15 is 0 Å². The van der Waals surface area contributed by atoms with Gasteiger partial charge in [-0.1, -0.05) is 24.3 Å². The molecule has 2 rings (SSSR count). The topological polar surface area (TPSA) is 80.5 Å². The van der Waals surface area contributed by atoms with Gasteiger partial charge < -0.3 is 5.73 Å². The standard InChI is InChI=1S/C14H20N2O3S/c1-11-8-9-20(18,19)16(11)14(17)7-6-12-4-2-3-5-13(12)10-15/h2-5,11H,6-10,15H2,1H3. The SMILES string of the molecule is CC1CCS(=O)(=O)N1C(=O)CCc1ccccc1CN. The van der Waals surface area contributed by atoms with Gasteiger partial charge in [0.05, 0.1) is 5.75 Å². The number of benzene rings is 1. The molecule has 0 bridgehead atoms. The van der Waals surface area contributed by atoms with Gasteiger partial charge in [-0.05, 0) is 30.9 Å². The highest BCUT2D eigenvalue weighted by Crippen LogP contribution is 2.22. The molecule has 0 aromatic heterocycles. The largest absolute Gasteiger partial charge is 0.326 e. The quantitative estimate of drug-likeness (QED) is 0.900.